The van der Waals surface area contributed by atoms with E-state index in [1.165, 1.54) is 11.3 Å². The molecule has 0 radical (unpaired) electrons. The Morgan fingerprint density at radius 2 is 2.17 bits per heavy atom. The van der Waals surface area contributed by atoms with Crippen LogP contribution in [0.25, 0.3) is 0 Å². The van der Waals surface area contributed by atoms with Crippen molar-refractivity contribution in [3.63, 3.8) is 0 Å². The summed E-state index contributed by atoms with van der Waals surface area (Å²) in [6, 6.07) is -0.0236. The number of rotatable bonds is 7. The maximum atomic E-state index is 12.3. The first-order chi connectivity index (χ1) is 10.9. The molecule has 7 nitrogen and oxygen atoms in total. The lowest BCUT2D eigenvalue weighted by Crippen LogP contribution is -2.38. The number of nitrogens with zero attached hydrogens (tertiary/aromatic N) is 3. The number of likely N-dealkylation sites (tertiary alicyclic amines) is 1. The van der Waals surface area contributed by atoms with E-state index in [1.54, 1.807) is 12.0 Å². The second-order valence-electron chi connectivity index (χ2n) is 6.34. The summed E-state index contributed by atoms with van der Waals surface area (Å²) < 4.78 is 5.08. The summed E-state index contributed by atoms with van der Waals surface area (Å²) in [6.07, 6.45) is 1.08. The summed E-state index contributed by atoms with van der Waals surface area (Å²) in [5.74, 6) is -0.0285. The predicted molar refractivity (Wildman–Crippen MR) is 88.2 cm³/mol. The maximum absolute atomic E-state index is 12.3. The third-order valence-electron chi connectivity index (χ3n) is 3.75. The van der Waals surface area contributed by atoms with Crippen LogP contribution in [-0.2, 0) is 20.7 Å². The van der Waals surface area contributed by atoms with Crippen LogP contribution in [0.3, 0.4) is 0 Å². The molecule has 1 aliphatic heterocycles. The number of methoxy groups -OCH3 is 1. The summed E-state index contributed by atoms with van der Waals surface area (Å²) in [5, 5.41) is 12.3. The van der Waals surface area contributed by atoms with E-state index in [-0.39, 0.29) is 30.2 Å². The molecule has 1 aromatic heterocycles. The molecule has 2 rings (SSSR count). The molecule has 1 fully saturated rings. The third kappa shape index (κ3) is 4.71. The van der Waals surface area contributed by atoms with Crippen molar-refractivity contribution >= 4 is 28.3 Å². The molecule has 0 unspecified atom stereocenters. The molecule has 1 saturated heterocycles. The third-order valence-corrected chi connectivity index (χ3v) is 4.61. The molecular formula is C15H24N4O3S. The Morgan fingerprint density at radius 3 is 2.83 bits per heavy atom. The quantitative estimate of drug-likeness (QED) is 0.814. The fraction of sp³-hybridized carbons (Fsp3) is 0.733. The van der Waals surface area contributed by atoms with Crippen LogP contribution in [0.4, 0.5) is 5.13 Å². The number of nitrogens with one attached hydrogen (secondary N) is 1. The highest BCUT2D eigenvalue weighted by molar-refractivity contribution is 7.15. The summed E-state index contributed by atoms with van der Waals surface area (Å²) >= 11 is 1.39. The van der Waals surface area contributed by atoms with Crippen molar-refractivity contribution in [1.82, 2.24) is 15.1 Å². The largest absolute Gasteiger partial charge is 0.383 e. The van der Waals surface area contributed by atoms with Gasteiger partial charge in [-0.3, -0.25) is 9.59 Å². The van der Waals surface area contributed by atoms with Crippen molar-refractivity contribution in [2.75, 3.05) is 25.6 Å². The number of ether oxygens (including phenoxy) is 1. The molecular weight excluding hydrogens is 316 g/mol. The molecule has 1 aliphatic rings. The van der Waals surface area contributed by atoms with E-state index in [4.69, 9.17) is 4.74 Å². The molecule has 2 amide bonds. The van der Waals surface area contributed by atoms with Gasteiger partial charge in [0, 0.05) is 26.5 Å². The Bertz CT molecular complexity index is 561. The molecule has 8 heteroatoms. The highest BCUT2D eigenvalue weighted by Crippen LogP contribution is 2.24. The van der Waals surface area contributed by atoms with Crippen LogP contribution < -0.4 is 5.32 Å². The van der Waals surface area contributed by atoms with Crippen molar-refractivity contribution in [3.8, 4) is 0 Å². The van der Waals surface area contributed by atoms with Crippen molar-refractivity contribution in [3.05, 3.63) is 5.01 Å². The summed E-state index contributed by atoms with van der Waals surface area (Å²) in [6.45, 7) is 7.03. The van der Waals surface area contributed by atoms with Crippen LogP contribution in [0.15, 0.2) is 0 Å². The zero-order valence-electron chi connectivity index (χ0n) is 14.0. The lowest BCUT2D eigenvalue weighted by Gasteiger charge is -2.23. The lowest BCUT2D eigenvalue weighted by atomic mass is 10.1. The summed E-state index contributed by atoms with van der Waals surface area (Å²) in [7, 11) is 1.60. The van der Waals surface area contributed by atoms with E-state index >= 15 is 0 Å². The molecule has 2 atom stereocenters. The Hall–Kier alpha value is -1.54. The van der Waals surface area contributed by atoms with Crippen molar-refractivity contribution in [1.29, 1.82) is 0 Å². The van der Waals surface area contributed by atoms with Gasteiger partial charge in [0.05, 0.1) is 18.6 Å². The molecule has 0 aliphatic carbocycles. The van der Waals surface area contributed by atoms with Crippen LogP contribution in [0.1, 0.15) is 32.2 Å². The minimum absolute atomic E-state index is 0.00698. The Balaban J connectivity index is 1.91. The minimum Gasteiger partial charge on any atom is -0.383 e. The maximum Gasteiger partial charge on any atom is 0.231 e. The average molecular weight is 340 g/mol. The summed E-state index contributed by atoms with van der Waals surface area (Å²) in [4.78, 5) is 26.1. The number of anilines is 1. The van der Waals surface area contributed by atoms with Crippen molar-refractivity contribution in [2.24, 2.45) is 11.8 Å². The molecule has 2 heterocycles. The van der Waals surface area contributed by atoms with Crippen LogP contribution in [0, 0.1) is 11.8 Å². The van der Waals surface area contributed by atoms with Gasteiger partial charge < -0.3 is 15.0 Å². The number of aromatic nitrogens is 2. The van der Waals surface area contributed by atoms with Gasteiger partial charge >= 0.3 is 0 Å². The molecule has 1 N–H and O–H groups in total. The van der Waals surface area contributed by atoms with Gasteiger partial charge in [0.2, 0.25) is 16.9 Å². The number of amides is 2. The van der Waals surface area contributed by atoms with Crippen LogP contribution in [-0.4, -0.2) is 53.2 Å². The van der Waals surface area contributed by atoms with E-state index in [1.807, 2.05) is 6.92 Å². The van der Waals surface area contributed by atoms with Crippen LogP contribution >= 0.6 is 11.3 Å². The first-order valence-corrected chi connectivity index (χ1v) is 8.64. The smallest absolute Gasteiger partial charge is 0.231 e. The van der Waals surface area contributed by atoms with E-state index < -0.39 is 0 Å². The second kappa shape index (κ2) is 7.83. The van der Waals surface area contributed by atoms with E-state index in [0.29, 0.717) is 24.2 Å². The van der Waals surface area contributed by atoms with Gasteiger partial charge in [0.15, 0.2) is 0 Å². The zero-order chi connectivity index (χ0) is 17.0. The number of hydrogen-bond donors (Lipinski definition) is 1. The van der Waals surface area contributed by atoms with Gasteiger partial charge in [0.1, 0.15) is 5.01 Å². The average Bonchev–Trinajstić information content (AvgIpc) is 3.05. The minimum atomic E-state index is -0.348. The topological polar surface area (TPSA) is 84.4 Å². The Morgan fingerprint density at radius 1 is 1.43 bits per heavy atom. The first kappa shape index (κ1) is 17.8. The number of carbonyl (C=O) groups excluding carboxylic acids is 2. The SMILES string of the molecule is COC[C@@H](C)N1C[C@H](C(=O)Nc2nnc(CC(C)C)s2)CC1=O. The van der Waals surface area contributed by atoms with Gasteiger partial charge in [-0.2, -0.15) is 0 Å². The summed E-state index contributed by atoms with van der Waals surface area (Å²) in [5.41, 5.74) is 0. The molecule has 23 heavy (non-hydrogen) atoms. The molecule has 0 spiro atoms. The Labute approximate surface area is 140 Å². The standard InChI is InChI=1S/C15H24N4O3S/c1-9(2)5-12-17-18-15(23-12)16-14(21)11-6-13(20)19(7-11)10(3)8-22-4/h9-11H,5-8H2,1-4H3,(H,16,18,21)/t10-,11-/m1/s1. The fourth-order valence-corrected chi connectivity index (χ4v) is 3.56. The van der Waals surface area contributed by atoms with Gasteiger partial charge in [-0.25, -0.2) is 0 Å². The molecule has 1 aromatic rings. The van der Waals surface area contributed by atoms with E-state index in [2.05, 4.69) is 29.4 Å². The van der Waals surface area contributed by atoms with Gasteiger partial charge in [-0.1, -0.05) is 25.2 Å². The normalized spacial score (nSPS) is 19.4. The van der Waals surface area contributed by atoms with Crippen molar-refractivity contribution < 1.29 is 14.3 Å². The number of hydrogen-bond acceptors (Lipinski definition) is 6. The van der Waals surface area contributed by atoms with E-state index in [9.17, 15) is 9.59 Å². The second-order valence-corrected chi connectivity index (χ2v) is 7.40. The highest BCUT2D eigenvalue weighted by atomic mass is 32.1. The fourth-order valence-electron chi connectivity index (χ4n) is 2.61. The van der Waals surface area contributed by atoms with Crippen molar-refractivity contribution in [2.45, 2.75) is 39.7 Å². The first-order valence-electron chi connectivity index (χ1n) is 7.82. The zero-order valence-corrected chi connectivity index (χ0v) is 14.9. The molecule has 0 bridgehead atoms. The molecule has 0 aromatic carbocycles. The molecule has 128 valence electrons. The van der Waals surface area contributed by atoms with E-state index in [0.717, 1.165) is 11.4 Å². The van der Waals surface area contributed by atoms with Gasteiger partial charge in [0.25, 0.3) is 0 Å². The van der Waals surface area contributed by atoms with Gasteiger partial charge in [-0.15, -0.1) is 10.2 Å². The highest BCUT2D eigenvalue weighted by Gasteiger charge is 2.36. The Kier molecular flexibility index (Phi) is 6.06. The number of carbonyl (C=O) groups is 2. The molecule has 0 saturated carbocycles. The van der Waals surface area contributed by atoms with Gasteiger partial charge in [-0.05, 0) is 12.8 Å². The lowest BCUT2D eigenvalue weighted by molar-refractivity contribution is -0.130. The monoisotopic (exact) mass is 340 g/mol. The predicted octanol–water partition coefficient (Wildman–Crippen LogP) is 1.56. The van der Waals surface area contributed by atoms with Crippen LogP contribution in [0.2, 0.25) is 0 Å². The van der Waals surface area contributed by atoms with Crippen LogP contribution in [0.5, 0.6) is 0 Å².